The van der Waals surface area contributed by atoms with Crippen LogP contribution in [-0.4, -0.2) is 20.1 Å². The molecule has 0 fully saturated rings. The fraction of sp³-hybridized carbons (Fsp3) is 0.571. The van der Waals surface area contributed by atoms with Crippen LogP contribution in [-0.2, 0) is 0 Å². The molecule has 2 unspecified atom stereocenters. The fourth-order valence-corrected chi connectivity index (χ4v) is 1.73. The Labute approximate surface area is 99.7 Å². The molecule has 16 heavy (non-hydrogen) atoms. The summed E-state index contributed by atoms with van der Waals surface area (Å²) in [7, 11) is 4.16. The van der Waals surface area contributed by atoms with E-state index in [-0.39, 0.29) is 0 Å². The van der Waals surface area contributed by atoms with Gasteiger partial charge in [0, 0.05) is 20.1 Å². The number of nitrogens with zero attached hydrogens (tertiary/aromatic N) is 1. The molecule has 0 heterocycles. The van der Waals surface area contributed by atoms with Crippen LogP contribution in [0, 0.1) is 5.92 Å². The molecule has 1 aromatic rings. The Morgan fingerprint density at radius 3 is 2.38 bits per heavy atom. The normalized spacial score (nSPS) is 14.3. The monoisotopic (exact) mass is 220 g/mol. The molecule has 0 bridgehead atoms. The molecule has 0 amide bonds. The van der Waals surface area contributed by atoms with E-state index in [0.29, 0.717) is 12.0 Å². The predicted molar refractivity (Wildman–Crippen MR) is 73.3 cm³/mol. The van der Waals surface area contributed by atoms with E-state index in [9.17, 15) is 0 Å². The van der Waals surface area contributed by atoms with Gasteiger partial charge in [-0.25, -0.2) is 0 Å². The summed E-state index contributed by atoms with van der Waals surface area (Å²) in [6, 6.07) is 8.96. The maximum absolute atomic E-state index is 3.60. The molecule has 0 saturated carbocycles. The summed E-state index contributed by atoms with van der Waals surface area (Å²) in [5, 5.41) is 3.60. The Balaban J connectivity index is 2.80. The van der Waals surface area contributed by atoms with Gasteiger partial charge in [-0.05, 0) is 25.0 Å². The first kappa shape index (κ1) is 12.9. The Kier molecular flexibility index (Phi) is 4.66. The second-order valence-electron chi connectivity index (χ2n) is 4.73. The van der Waals surface area contributed by atoms with Crippen molar-refractivity contribution in [1.29, 1.82) is 0 Å². The van der Waals surface area contributed by atoms with Crippen molar-refractivity contribution in [3.63, 3.8) is 0 Å². The highest BCUT2D eigenvalue weighted by molar-refractivity contribution is 5.69. The first-order chi connectivity index (χ1) is 7.56. The minimum absolute atomic E-state index is 0.506. The van der Waals surface area contributed by atoms with E-state index in [4.69, 9.17) is 0 Å². The summed E-state index contributed by atoms with van der Waals surface area (Å²) < 4.78 is 0. The lowest BCUT2D eigenvalue weighted by Crippen LogP contribution is -2.24. The molecule has 0 spiro atoms. The van der Waals surface area contributed by atoms with Crippen LogP contribution in [0.2, 0.25) is 0 Å². The van der Waals surface area contributed by atoms with Crippen LogP contribution in [0.15, 0.2) is 24.3 Å². The molecule has 0 aliphatic heterocycles. The zero-order chi connectivity index (χ0) is 12.1. The molecule has 2 heteroatoms. The Bertz CT molecular complexity index is 320. The Morgan fingerprint density at radius 2 is 1.81 bits per heavy atom. The van der Waals surface area contributed by atoms with Gasteiger partial charge in [-0.2, -0.15) is 0 Å². The van der Waals surface area contributed by atoms with Gasteiger partial charge in [0.05, 0.1) is 11.4 Å². The third kappa shape index (κ3) is 3.16. The van der Waals surface area contributed by atoms with Crippen LogP contribution in [0.1, 0.15) is 27.2 Å². The average molecular weight is 220 g/mol. The summed E-state index contributed by atoms with van der Waals surface area (Å²) in [4.78, 5) is 2.14. The first-order valence-electron chi connectivity index (χ1n) is 6.09. The summed E-state index contributed by atoms with van der Waals surface area (Å²) in [5.41, 5.74) is 2.47. The van der Waals surface area contributed by atoms with Crippen molar-refractivity contribution in [3.8, 4) is 0 Å². The number of hydrogen-bond donors (Lipinski definition) is 1. The minimum atomic E-state index is 0.506. The van der Waals surface area contributed by atoms with Gasteiger partial charge in [0.25, 0.3) is 0 Å². The average Bonchev–Trinajstić information content (AvgIpc) is 2.28. The smallest absolute Gasteiger partial charge is 0.0596 e. The van der Waals surface area contributed by atoms with Gasteiger partial charge in [0.15, 0.2) is 0 Å². The molecule has 0 saturated heterocycles. The topological polar surface area (TPSA) is 15.3 Å². The van der Waals surface area contributed by atoms with Gasteiger partial charge < -0.3 is 10.2 Å². The molecule has 0 aliphatic rings. The molecule has 1 aromatic carbocycles. The van der Waals surface area contributed by atoms with Crippen LogP contribution >= 0.6 is 0 Å². The van der Waals surface area contributed by atoms with Crippen LogP contribution in [0.3, 0.4) is 0 Å². The van der Waals surface area contributed by atoms with Gasteiger partial charge >= 0.3 is 0 Å². The second-order valence-corrected chi connectivity index (χ2v) is 4.73. The minimum Gasteiger partial charge on any atom is -0.381 e. The maximum atomic E-state index is 3.60. The highest BCUT2D eigenvalue weighted by Crippen LogP contribution is 2.25. The van der Waals surface area contributed by atoms with Gasteiger partial charge in [-0.3, -0.25) is 0 Å². The van der Waals surface area contributed by atoms with Crippen LogP contribution < -0.4 is 10.2 Å². The van der Waals surface area contributed by atoms with E-state index in [1.54, 1.807) is 0 Å². The molecule has 2 atom stereocenters. The molecule has 90 valence electrons. The molecule has 2 nitrogen and oxygen atoms in total. The Hall–Kier alpha value is -1.18. The molecule has 0 aromatic heterocycles. The van der Waals surface area contributed by atoms with Crippen molar-refractivity contribution >= 4 is 11.4 Å². The van der Waals surface area contributed by atoms with Gasteiger partial charge in [0.1, 0.15) is 0 Å². The largest absolute Gasteiger partial charge is 0.381 e. The summed E-state index contributed by atoms with van der Waals surface area (Å²) in [6.45, 7) is 6.78. The summed E-state index contributed by atoms with van der Waals surface area (Å²) >= 11 is 0. The van der Waals surface area contributed by atoms with E-state index in [1.807, 2.05) is 0 Å². The van der Waals surface area contributed by atoms with E-state index in [1.165, 1.54) is 17.8 Å². The molecular formula is C14H24N2. The summed E-state index contributed by atoms with van der Waals surface area (Å²) in [5.74, 6) is 0.690. The number of para-hydroxylation sites is 2. The van der Waals surface area contributed by atoms with Crippen molar-refractivity contribution in [2.24, 2.45) is 5.92 Å². The van der Waals surface area contributed by atoms with Crippen molar-refractivity contribution in [3.05, 3.63) is 24.3 Å². The highest BCUT2D eigenvalue weighted by Gasteiger charge is 2.11. The van der Waals surface area contributed by atoms with Crippen molar-refractivity contribution in [2.75, 3.05) is 24.3 Å². The number of benzene rings is 1. The first-order valence-corrected chi connectivity index (χ1v) is 6.09. The molecular weight excluding hydrogens is 196 g/mol. The summed E-state index contributed by atoms with van der Waals surface area (Å²) in [6.07, 6.45) is 1.21. The quantitative estimate of drug-likeness (QED) is 0.815. The second kappa shape index (κ2) is 5.78. The number of anilines is 2. The maximum Gasteiger partial charge on any atom is 0.0596 e. The van der Waals surface area contributed by atoms with Crippen LogP contribution in [0.5, 0.6) is 0 Å². The van der Waals surface area contributed by atoms with Crippen LogP contribution in [0.25, 0.3) is 0 Å². The number of hydrogen-bond acceptors (Lipinski definition) is 2. The fourth-order valence-electron chi connectivity index (χ4n) is 1.73. The lowest BCUT2D eigenvalue weighted by atomic mass is 10.0. The lowest BCUT2D eigenvalue weighted by Gasteiger charge is -2.25. The zero-order valence-electron chi connectivity index (χ0n) is 11.1. The van der Waals surface area contributed by atoms with Gasteiger partial charge in [-0.1, -0.05) is 32.4 Å². The molecule has 1 N–H and O–H groups in total. The SMILES string of the molecule is CCC(C)C(C)Nc1ccccc1N(C)C. The van der Waals surface area contributed by atoms with E-state index in [2.05, 4.69) is 69.3 Å². The molecule has 0 aliphatic carbocycles. The van der Waals surface area contributed by atoms with E-state index < -0.39 is 0 Å². The third-order valence-corrected chi connectivity index (χ3v) is 3.27. The molecule has 0 radical (unpaired) electrons. The third-order valence-electron chi connectivity index (χ3n) is 3.27. The molecule has 1 rings (SSSR count). The van der Waals surface area contributed by atoms with E-state index >= 15 is 0 Å². The van der Waals surface area contributed by atoms with Crippen molar-refractivity contribution in [2.45, 2.75) is 33.2 Å². The number of rotatable bonds is 5. The predicted octanol–water partition coefficient (Wildman–Crippen LogP) is 3.60. The van der Waals surface area contributed by atoms with Crippen molar-refractivity contribution < 1.29 is 0 Å². The standard InChI is InChI=1S/C14H24N2/c1-6-11(2)12(3)15-13-9-7-8-10-14(13)16(4)5/h7-12,15H,6H2,1-5H3. The van der Waals surface area contributed by atoms with Crippen molar-refractivity contribution in [1.82, 2.24) is 0 Å². The number of nitrogens with one attached hydrogen (secondary N) is 1. The van der Waals surface area contributed by atoms with Gasteiger partial charge in [-0.15, -0.1) is 0 Å². The lowest BCUT2D eigenvalue weighted by molar-refractivity contribution is 0.495. The highest BCUT2D eigenvalue weighted by atomic mass is 15.1. The van der Waals surface area contributed by atoms with Gasteiger partial charge in [0.2, 0.25) is 0 Å². The van der Waals surface area contributed by atoms with E-state index in [0.717, 1.165) is 0 Å². The van der Waals surface area contributed by atoms with Crippen LogP contribution in [0.4, 0.5) is 11.4 Å². The zero-order valence-corrected chi connectivity index (χ0v) is 11.1. The Morgan fingerprint density at radius 1 is 1.19 bits per heavy atom.